The molecule has 1 rings (SSSR count). The van der Waals surface area contributed by atoms with Gasteiger partial charge < -0.3 is 5.43 Å². The Bertz CT molecular complexity index is 314. The van der Waals surface area contributed by atoms with E-state index in [0.717, 1.165) is 19.3 Å². The van der Waals surface area contributed by atoms with Crippen molar-refractivity contribution in [3.63, 3.8) is 0 Å². The van der Waals surface area contributed by atoms with E-state index in [1.807, 2.05) is 0 Å². The van der Waals surface area contributed by atoms with Crippen molar-refractivity contribution in [2.75, 3.05) is 5.43 Å². The summed E-state index contributed by atoms with van der Waals surface area (Å²) in [5.74, 6) is 5.37. The van der Waals surface area contributed by atoms with Gasteiger partial charge in [0.2, 0.25) is 0 Å². The van der Waals surface area contributed by atoms with E-state index >= 15 is 0 Å². The highest BCUT2D eigenvalue weighted by molar-refractivity contribution is 5.36. The van der Waals surface area contributed by atoms with Crippen LogP contribution in [0, 0.1) is 12.7 Å². The van der Waals surface area contributed by atoms with Gasteiger partial charge in [0, 0.05) is 6.42 Å². The first-order valence-electron chi connectivity index (χ1n) is 4.68. The van der Waals surface area contributed by atoms with Crippen LogP contribution in [0.4, 0.5) is 10.2 Å². The summed E-state index contributed by atoms with van der Waals surface area (Å²) in [5, 5.41) is 0. The fourth-order valence-corrected chi connectivity index (χ4v) is 1.16. The number of nitrogens with one attached hydrogen (secondary N) is 1. The van der Waals surface area contributed by atoms with Crippen LogP contribution in [0.1, 0.15) is 31.3 Å². The van der Waals surface area contributed by atoms with Gasteiger partial charge in [0.25, 0.3) is 0 Å². The summed E-state index contributed by atoms with van der Waals surface area (Å²) in [5.41, 5.74) is 2.56. The number of hydrazine groups is 1. The Morgan fingerprint density at radius 2 is 2.14 bits per heavy atom. The van der Waals surface area contributed by atoms with E-state index in [0.29, 0.717) is 11.5 Å². The zero-order chi connectivity index (χ0) is 10.6. The molecule has 0 saturated carbocycles. The first kappa shape index (κ1) is 10.8. The summed E-state index contributed by atoms with van der Waals surface area (Å²) >= 11 is 0. The third-order valence-electron chi connectivity index (χ3n) is 1.95. The zero-order valence-electron chi connectivity index (χ0n) is 8.47. The van der Waals surface area contributed by atoms with Crippen LogP contribution in [0.15, 0.2) is 0 Å². The first-order chi connectivity index (χ1) is 6.69. The number of hydrogen-bond donors (Lipinski definition) is 2. The smallest absolute Gasteiger partial charge is 0.187 e. The van der Waals surface area contributed by atoms with E-state index in [-0.39, 0.29) is 5.82 Å². The van der Waals surface area contributed by atoms with Gasteiger partial charge in [0.1, 0.15) is 5.82 Å². The van der Waals surface area contributed by atoms with Gasteiger partial charge in [-0.1, -0.05) is 13.3 Å². The summed E-state index contributed by atoms with van der Waals surface area (Å²) in [6.07, 6.45) is 2.81. The molecule has 0 atom stereocenters. The molecule has 1 aromatic heterocycles. The number of nitrogens with two attached hydrogens (primary N) is 1. The standard InChI is InChI=1S/C9H15FN4/c1-3-4-5-7-12-6(2)8(10)9(13-7)14-11/h3-5,11H2,1-2H3,(H,12,13,14). The predicted molar refractivity (Wildman–Crippen MR) is 53.1 cm³/mol. The lowest BCUT2D eigenvalue weighted by molar-refractivity contribution is 0.597. The Kier molecular flexibility index (Phi) is 3.76. The van der Waals surface area contributed by atoms with Crippen LogP contribution in [0.5, 0.6) is 0 Å². The molecule has 1 aromatic rings. The van der Waals surface area contributed by atoms with Gasteiger partial charge in [-0.15, -0.1) is 0 Å². The molecule has 4 nitrogen and oxygen atoms in total. The quantitative estimate of drug-likeness (QED) is 0.569. The number of halogens is 1. The van der Waals surface area contributed by atoms with Gasteiger partial charge in [-0.2, -0.15) is 0 Å². The van der Waals surface area contributed by atoms with Crippen LogP contribution in [-0.4, -0.2) is 9.97 Å². The highest BCUT2D eigenvalue weighted by atomic mass is 19.1. The lowest BCUT2D eigenvalue weighted by Crippen LogP contribution is -2.14. The van der Waals surface area contributed by atoms with Crippen LogP contribution >= 0.6 is 0 Å². The van der Waals surface area contributed by atoms with Crippen molar-refractivity contribution >= 4 is 5.82 Å². The molecule has 0 unspecified atom stereocenters. The molecule has 0 aliphatic carbocycles. The van der Waals surface area contributed by atoms with Crippen LogP contribution < -0.4 is 11.3 Å². The largest absolute Gasteiger partial charge is 0.306 e. The third kappa shape index (κ3) is 2.38. The van der Waals surface area contributed by atoms with Crippen LogP contribution in [0.25, 0.3) is 0 Å². The van der Waals surface area contributed by atoms with Crippen LogP contribution in [-0.2, 0) is 6.42 Å². The molecule has 0 radical (unpaired) electrons. The highest BCUT2D eigenvalue weighted by Crippen LogP contribution is 2.13. The summed E-state index contributed by atoms with van der Waals surface area (Å²) in [6.45, 7) is 3.69. The number of anilines is 1. The normalized spacial score (nSPS) is 10.3. The van der Waals surface area contributed by atoms with E-state index in [2.05, 4.69) is 22.3 Å². The fourth-order valence-electron chi connectivity index (χ4n) is 1.16. The number of aromatic nitrogens is 2. The molecule has 0 aliphatic heterocycles. The molecule has 14 heavy (non-hydrogen) atoms. The summed E-state index contributed by atoms with van der Waals surface area (Å²) in [6, 6.07) is 0. The van der Waals surface area contributed by atoms with Crippen molar-refractivity contribution in [1.29, 1.82) is 0 Å². The van der Waals surface area contributed by atoms with Gasteiger partial charge >= 0.3 is 0 Å². The molecule has 78 valence electrons. The van der Waals surface area contributed by atoms with Crippen molar-refractivity contribution in [1.82, 2.24) is 9.97 Å². The SMILES string of the molecule is CCCCc1nc(C)c(F)c(NN)n1. The maximum absolute atomic E-state index is 13.2. The van der Waals surface area contributed by atoms with Crippen LogP contribution in [0.2, 0.25) is 0 Å². The van der Waals surface area contributed by atoms with Gasteiger partial charge in [0.15, 0.2) is 11.6 Å². The summed E-state index contributed by atoms with van der Waals surface area (Å²) in [4.78, 5) is 8.00. The highest BCUT2D eigenvalue weighted by Gasteiger charge is 2.09. The van der Waals surface area contributed by atoms with Crippen molar-refractivity contribution in [3.05, 3.63) is 17.3 Å². The molecule has 3 N–H and O–H groups in total. The third-order valence-corrected chi connectivity index (χ3v) is 1.95. The average Bonchev–Trinajstić information content (AvgIpc) is 2.19. The molecular weight excluding hydrogens is 183 g/mol. The minimum Gasteiger partial charge on any atom is -0.306 e. The molecule has 5 heteroatoms. The Hall–Kier alpha value is -1.23. The first-order valence-corrected chi connectivity index (χ1v) is 4.68. The van der Waals surface area contributed by atoms with Crippen molar-refractivity contribution < 1.29 is 4.39 Å². The Labute approximate surface area is 82.7 Å². The van der Waals surface area contributed by atoms with E-state index < -0.39 is 5.82 Å². The molecule has 0 saturated heterocycles. The number of aryl methyl sites for hydroxylation is 2. The van der Waals surface area contributed by atoms with E-state index in [1.165, 1.54) is 0 Å². The number of rotatable bonds is 4. The Morgan fingerprint density at radius 3 is 2.71 bits per heavy atom. The monoisotopic (exact) mass is 198 g/mol. The molecule has 0 bridgehead atoms. The van der Waals surface area contributed by atoms with Crippen LogP contribution in [0.3, 0.4) is 0 Å². The number of nitrogen functional groups attached to an aromatic ring is 1. The molecule has 0 fully saturated rings. The van der Waals surface area contributed by atoms with Crippen molar-refractivity contribution in [2.45, 2.75) is 33.1 Å². The van der Waals surface area contributed by atoms with E-state index in [9.17, 15) is 4.39 Å². The van der Waals surface area contributed by atoms with Gasteiger partial charge in [-0.05, 0) is 13.3 Å². The van der Waals surface area contributed by atoms with Gasteiger partial charge in [-0.3, -0.25) is 0 Å². The second-order valence-corrected chi connectivity index (χ2v) is 3.14. The predicted octanol–water partition coefficient (Wildman–Crippen LogP) is 1.55. The van der Waals surface area contributed by atoms with Crippen molar-refractivity contribution in [2.24, 2.45) is 5.84 Å². The molecule has 0 aliphatic rings. The fraction of sp³-hybridized carbons (Fsp3) is 0.556. The average molecular weight is 198 g/mol. The lowest BCUT2D eigenvalue weighted by Gasteiger charge is -2.06. The summed E-state index contributed by atoms with van der Waals surface area (Å²) < 4.78 is 13.2. The molecule has 0 amide bonds. The van der Waals surface area contributed by atoms with E-state index in [1.54, 1.807) is 6.92 Å². The minimum atomic E-state index is -0.479. The topological polar surface area (TPSA) is 63.8 Å². The summed E-state index contributed by atoms with van der Waals surface area (Å²) in [7, 11) is 0. The molecule has 1 heterocycles. The Morgan fingerprint density at radius 1 is 1.43 bits per heavy atom. The second kappa shape index (κ2) is 4.85. The van der Waals surface area contributed by atoms with E-state index in [4.69, 9.17) is 5.84 Å². The number of hydrogen-bond acceptors (Lipinski definition) is 4. The zero-order valence-corrected chi connectivity index (χ0v) is 8.47. The molecule has 0 spiro atoms. The number of unbranched alkanes of at least 4 members (excludes halogenated alkanes) is 1. The Balaban J connectivity index is 2.91. The molecular formula is C9H15FN4. The minimum absolute atomic E-state index is 0.0728. The van der Waals surface area contributed by atoms with Gasteiger partial charge in [0.05, 0.1) is 5.69 Å². The van der Waals surface area contributed by atoms with Crippen molar-refractivity contribution in [3.8, 4) is 0 Å². The lowest BCUT2D eigenvalue weighted by atomic mass is 10.2. The second-order valence-electron chi connectivity index (χ2n) is 3.14. The van der Waals surface area contributed by atoms with Gasteiger partial charge in [-0.25, -0.2) is 20.2 Å². The molecule has 0 aromatic carbocycles. The maximum Gasteiger partial charge on any atom is 0.187 e. The number of nitrogens with zero attached hydrogens (tertiary/aromatic N) is 2. The maximum atomic E-state index is 13.2.